The van der Waals surface area contributed by atoms with Gasteiger partial charge in [0.05, 0.1) is 25.0 Å². The van der Waals surface area contributed by atoms with Crippen molar-refractivity contribution in [2.24, 2.45) is 0 Å². The van der Waals surface area contributed by atoms with Crippen LogP contribution in [0.15, 0.2) is 97.1 Å². The average molecular weight is 611 g/mol. The number of hydrogen-bond acceptors (Lipinski definition) is 6. The number of fused-ring (bicyclic) bond motifs is 6. The van der Waals surface area contributed by atoms with E-state index in [4.69, 9.17) is 18.9 Å². The summed E-state index contributed by atoms with van der Waals surface area (Å²) >= 11 is 0. The second-order valence-corrected chi connectivity index (χ2v) is 14.3. The molecule has 1 N–H and O–H groups in total. The van der Waals surface area contributed by atoms with Gasteiger partial charge in [-0.25, -0.2) is 9.56 Å². The van der Waals surface area contributed by atoms with Crippen LogP contribution in [-0.2, 0) is 18.9 Å². The van der Waals surface area contributed by atoms with Crippen LogP contribution in [0, 0.1) is 0 Å². The van der Waals surface area contributed by atoms with Crippen LogP contribution in [0.4, 0.5) is 0 Å². The summed E-state index contributed by atoms with van der Waals surface area (Å²) in [4.78, 5) is 11.0. The highest BCUT2D eigenvalue weighted by Crippen LogP contribution is 2.52. The number of nitrogens with one attached hydrogen (secondary N) is 1. The van der Waals surface area contributed by atoms with E-state index in [1.54, 1.807) is 0 Å². The third-order valence-corrected chi connectivity index (χ3v) is 10.2. The topological polar surface area (TPSA) is 52.2 Å². The summed E-state index contributed by atoms with van der Waals surface area (Å²) in [6.45, 7) is 13.2. The molecule has 0 heterocycles. The lowest BCUT2D eigenvalue weighted by atomic mass is 9.98. The van der Waals surface area contributed by atoms with Crippen molar-refractivity contribution in [2.75, 3.05) is 13.2 Å². The standard InChI is InChI=1S/C37H43N2O4P/c1-25(2)39(26(3)38-43-42-37(4,5)6)44(40-23-35-31-19-11-7-15-27(31)28-16-8-12-20-32(28)35)41-24-36-33-21-13-9-17-29(33)30-18-10-14-22-34(30)36/h7-22,25-26,35-36,38H,23-24H2,1-6H3. The predicted molar refractivity (Wildman–Crippen MR) is 178 cm³/mol. The third kappa shape index (κ3) is 6.40. The Bertz CT molecular complexity index is 1400. The van der Waals surface area contributed by atoms with E-state index >= 15 is 0 Å². The molecular formula is C37H43N2O4P. The molecule has 0 bridgehead atoms. The molecule has 7 heteroatoms. The van der Waals surface area contributed by atoms with Crippen LogP contribution in [0.2, 0.25) is 0 Å². The van der Waals surface area contributed by atoms with Crippen LogP contribution in [0.1, 0.15) is 75.6 Å². The van der Waals surface area contributed by atoms with Gasteiger partial charge in [0.2, 0.25) is 0 Å². The Kier molecular flexibility index (Phi) is 9.32. The molecule has 4 aromatic rings. The molecule has 1 unspecified atom stereocenters. The van der Waals surface area contributed by atoms with Gasteiger partial charge in [-0.2, -0.15) is 5.48 Å². The third-order valence-electron chi connectivity index (χ3n) is 8.25. The molecule has 2 aliphatic carbocycles. The van der Waals surface area contributed by atoms with Crippen molar-refractivity contribution in [3.05, 3.63) is 119 Å². The molecule has 230 valence electrons. The fourth-order valence-corrected chi connectivity index (χ4v) is 7.98. The van der Waals surface area contributed by atoms with Crippen molar-refractivity contribution in [2.45, 2.75) is 71.2 Å². The maximum Gasteiger partial charge on any atom is 0.260 e. The summed E-state index contributed by atoms with van der Waals surface area (Å²) in [5, 5.41) is 0. The minimum Gasteiger partial charge on any atom is -0.321 e. The minimum absolute atomic E-state index is 0.105. The molecule has 0 aliphatic heterocycles. The average Bonchev–Trinajstić information content (AvgIpc) is 3.50. The first-order valence-corrected chi connectivity index (χ1v) is 16.7. The second kappa shape index (κ2) is 13.2. The summed E-state index contributed by atoms with van der Waals surface area (Å²) in [5.74, 6) is 0.253. The van der Waals surface area contributed by atoms with Crippen molar-refractivity contribution in [1.82, 2.24) is 10.2 Å². The zero-order valence-electron chi connectivity index (χ0n) is 26.5. The SMILES string of the molecule is CC(C)N(C(C)NOOC(C)(C)C)P(OCC1c2ccccc2-c2ccccc21)OCC1c2ccccc2-c2ccccc21. The molecule has 0 saturated heterocycles. The molecule has 0 amide bonds. The zero-order chi connectivity index (χ0) is 30.8. The molecule has 2 aliphatic rings. The summed E-state index contributed by atoms with van der Waals surface area (Å²) in [6.07, 6.45) is -0.241. The maximum atomic E-state index is 6.90. The smallest absolute Gasteiger partial charge is 0.260 e. The van der Waals surface area contributed by atoms with Gasteiger partial charge >= 0.3 is 0 Å². The number of nitrogens with zero attached hydrogens (tertiary/aromatic N) is 1. The first-order valence-electron chi connectivity index (χ1n) is 15.5. The lowest BCUT2D eigenvalue weighted by Crippen LogP contribution is -2.45. The van der Waals surface area contributed by atoms with E-state index in [1.165, 1.54) is 44.5 Å². The summed E-state index contributed by atoms with van der Waals surface area (Å²) in [5.41, 5.74) is 13.0. The van der Waals surface area contributed by atoms with Crippen LogP contribution in [0.3, 0.4) is 0 Å². The normalized spacial score (nSPS) is 15.1. The quantitative estimate of drug-likeness (QED) is 0.0747. The van der Waals surface area contributed by atoms with E-state index in [-0.39, 0.29) is 24.0 Å². The van der Waals surface area contributed by atoms with E-state index in [1.807, 2.05) is 20.8 Å². The summed E-state index contributed by atoms with van der Waals surface area (Å²) < 4.78 is 16.0. The second-order valence-electron chi connectivity index (χ2n) is 12.8. The number of benzene rings is 4. The van der Waals surface area contributed by atoms with Crippen LogP contribution in [0.25, 0.3) is 22.3 Å². The molecule has 44 heavy (non-hydrogen) atoms. The van der Waals surface area contributed by atoms with Crippen LogP contribution >= 0.6 is 8.53 Å². The molecule has 0 spiro atoms. The Morgan fingerprint density at radius 3 is 1.34 bits per heavy atom. The van der Waals surface area contributed by atoms with E-state index in [0.29, 0.717) is 13.2 Å². The highest BCUT2D eigenvalue weighted by Gasteiger charge is 2.36. The van der Waals surface area contributed by atoms with E-state index < -0.39 is 14.1 Å². The Morgan fingerprint density at radius 2 is 1.00 bits per heavy atom. The molecule has 4 aromatic carbocycles. The highest BCUT2D eigenvalue weighted by molar-refractivity contribution is 7.44. The van der Waals surface area contributed by atoms with Gasteiger partial charge in [0, 0.05) is 17.9 Å². The summed E-state index contributed by atoms with van der Waals surface area (Å²) in [7, 11) is -1.50. The summed E-state index contributed by atoms with van der Waals surface area (Å²) in [6, 6.07) is 34.7. The molecule has 0 aromatic heterocycles. The Morgan fingerprint density at radius 1 is 0.636 bits per heavy atom. The van der Waals surface area contributed by atoms with Crippen molar-refractivity contribution in [1.29, 1.82) is 0 Å². The zero-order valence-corrected chi connectivity index (χ0v) is 27.4. The van der Waals surface area contributed by atoms with Crippen molar-refractivity contribution in [3.63, 3.8) is 0 Å². The Labute approximate surface area is 263 Å². The fourth-order valence-electron chi connectivity index (χ4n) is 6.38. The van der Waals surface area contributed by atoms with Crippen LogP contribution in [-0.4, -0.2) is 35.7 Å². The molecule has 0 fully saturated rings. The molecule has 0 saturated carbocycles. The van der Waals surface area contributed by atoms with Crippen molar-refractivity contribution in [3.8, 4) is 22.3 Å². The predicted octanol–water partition coefficient (Wildman–Crippen LogP) is 9.18. The molecule has 1 atom stereocenters. The number of hydroxylamine groups is 1. The first kappa shape index (κ1) is 31.1. The van der Waals surface area contributed by atoms with E-state index in [2.05, 4.69) is 128 Å². The maximum absolute atomic E-state index is 6.90. The monoisotopic (exact) mass is 610 g/mol. The van der Waals surface area contributed by atoms with Gasteiger partial charge in [0.25, 0.3) is 8.53 Å². The molecule has 6 nitrogen and oxygen atoms in total. The van der Waals surface area contributed by atoms with Gasteiger partial charge < -0.3 is 9.05 Å². The van der Waals surface area contributed by atoms with Gasteiger partial charge in [-0.3, -0.25) is 0 Å². The van der Waals surface area contributed by atoms with Crippen molar-refractivity contribution >= 4 is 8.53 Å². The Balaban J connectivity index is 1.27. The van der Waals surface area contributed by atoms with E-state index in [9.17, 15) is 0 Å². The van der Waals surface area contributed by atoms with Gasteiger partial charge in [-0.15, -0.1) is 4.99 Å². The van der Waals surface area contributed by atoms with Crippen molar-refractivity contribution < 1.29 is 18.9 Å². The van der Waals surface area contributed by atoms with Gasteiger partial charge in [-0.05, 0) is 86.1 Å². The fraction of sp³-hybridized carbons (Fsp3) is 0.351. The van der Waals surface area contributed by atoms with E-state index in [0.717, 1.165) is 0 Å². The van der Waals surface area contributed by atoms with Crippen LogP contribution in [0.5, 0.6) is 0 Å². The van der Waals surface area contributed by atoms with Gasteiger partial charge in [0.1, 0.15) is 0 Å². The van der Waals surface area contributed by atoms with Crippen LogP contribution < -0.4 is 5.48 Å². The minimum atomic E-state index is -1.50. The lowest BCUT2D eigenvalue weighted by Gasteiger charge is -2.38. The molecular weight excluding hydrogens is 567 g/mol. The number of hydrogen-bond donors (Lipinski definition) is 1. The largest absolute Gasteiger partial charge is 0.321 e. The van der Waals surface area contributed by atoms with Gasteiger partial charge in [-0.1, -0.05) is 97.1 Å². The molecule has 0 radical (unpaired) electrons. The number of rotatable bonds is 12. The molecule has 6 rings (SSSR count). The Hall–Kier alpha value is -2.93. The first-order chi connectivity index (χ1) is 21.2. The highest BCUT2D eigenvalue weighted by atomic mass is 31.2. The van der Waals surface area contributed by atoms with Gasteiger partial charge in [0.15, 0.2) is 0 Å². The lowest BCUT2D eigenvalue weighted by molar-refractivity contribution is -0.391.